The lowest BCUT2D eigenvalue weighted by Gasteiger charge is -2.09. The van der Waals surface area contributed by atoms with E-state index < -0.39 is 0 Å². The molecular formula is C11H19NS. The maximum atomic E-state index is 6.01. The van der Waals surface area contributed by atoms with Crippen LogP contribution in [0.1, 0.15) is 37.5 Å². The van der Waals surface area contributed by atoms with Gasteiger partial charge in [0.15, 0.2) is 0 Å². The van der Waals surface area contributed by atoms with E-state index in [4.69, 9.17) is 5.73 Å². The van der Waals surface area contributed by atoms with Gasteiger partial charge < -0.3 is 5.73 Å². The fourth-order valence-corrected chi connectivity index (χ4v) is 2.25. The summed E-state index contributed by atoms with van der Waals surface area (Å²) in [4.78, 5) is 1.42. The van der Waals surface area contributed by atoms with E-state index in [-0.39, 0.29) is 0 Å². The fourth-order valence-electron chi connectivity index (χ4n) is 1.45. The Morgan fingerprint density at radius 1 is 1.46 bits per heavy atom. The van der Waals surface area contributed by atoms with Crippen molar-refractivity contribution in [3.8, 4) is 0 Å². The average molecular weight is 197 g/mol. The largest absolute Gasteiger partial charge is 0.327 e. The van der Waals surface area contributed by atoms with Crippen LogP contribution < -0.4 is 5.73 Å². The van der Waals surface area contributed by atoms with Crippen molar-refractivity contribution < 1.29 is 0 Å². The smallest absolute Gasteiger partial charge is 0.00871 e. The van der Waals surface area contributed by atoms with E-state index in [1.807, 2.05) is 11.3 Å². The molecule has 2 N–H and O–H groups in total. The SMILES string of the molecule is CCCCCC(N)Cc1cccs1. The lowest BCUT2D eigenvalue weighted by atomic mass is 10.1. The molecule has 0 fully saturated rings. The van der Waals surface area contributed by atoms with E-state index in [1.54, 1.807) is 0 Å². The van der Waals surface area contributed by atoms with Gasteiger partial charge in [0.05, 0.1) is 0 Å². The summed E-state index contributed by atoms with van der Waals surface area (Å²) in [5.41, 5.74) is 6.01. The van der Waals surface area contributed by atoms with E-state index in [2.05, 4.69) is 24.4 Å². The molecular weight excluding hydrogens is 178 g/mol. The molecule has 0 aliphatic heterocycles. The number of thiophene rings is 1. The molecule has 1 unspecified atom stereocenters. The predicted octanol–water partition coefficient (Wildman–Crippen LogP) is 3.20. The first-order valence-electron chi connectivity index (χ1n) is 5.11. The Morgan fingerprint density at radius 2 is 2.31 bits per heavy atom. The van der Waals surface area contributed by atoms with Crippen LogP contribution in [-0.4, -0.2) is 6.04 Å². The van der Waals surface area contributed by atoms with E-state index in [9.17, 15) is 0 Å². The number of unbranched alkanes of at least 4 members (excludes halogenated alkanes) is 2. The Balaban J connectivity index is 2.14. The molecule has 0 saturated heterocycles. The lowest BCUT2D eigenvalue weighted by molar-refractivity contribution is 0.560. The van der Waals surface area contributed by atoms with Crippen LogP contribution in [0.4, 0.5) is 0 Å². The second-order valence-electron chi connectivity index (χ2n) is 3.54. The maximum absolute atomic E-state index is 6.01. The Kier molecular flexibility index (Phi) is 5.09. The van der Waals surface area contributed by atoms with Crippen molar-refractivity contribution in [1.29, 1.82) is 0 Å². The van der Waals surface area contributed by atoms with Crippen LogP contribution in [-0.2, 0) is 6.42 Å². The van der Waals surface area contributed by atoms with E-state index in [1.165, 1.54) is 30.6 Å². The third-order valence-electron chi connectivity index (χ3n) is 2.22. The van der Waals surface area contributed by atoms with Crippen LogP contribution in [0, 0.1) is 0 Å². The maximum Gasteiger partial charge on any atom is 0.00871 e. The molecule has 0 bridgehead atoms. The summed E-state index contributed by atoms with van der Waals surface area (Å²) in [7, 11) is 0. The molecule has 0 saturated carbocycles. The average Bonchev–Trinajstić information content (AvgIpc) is 2.57. The zero-order valence-corrected chi connectivity index (χ0v) is 9.15. The van der Waals surface area contributed by atoms with Gasteiger partial charge in [-0.2, -0.15) is 0 Å². The van der Waals surface area contributed by atoms with E-state index >= 15 is 0 Å². The summed E-state index contributed by atoms with van der Waals surface area (Å²) in [5.74, 6) is 0. The zero-order valence-electron chi connectivity index (χ0n) is 8.33. The van der Waals surface area contributed by atoms with Gasteiger partial charge in [0.2, 0.25) is 0 Å². The van der Waals surface area contributed by atoms with Crippen molar-refractivity contribution in [3.05, 3.63) is 22.4 Å². The number of nitrogens with two attached hydrogens (primary N) is 1. The summed E-state index contributed by atoms with van der Waals surface area (Å²) < 4.78 is 0. The lowest BCUT2D eigenvalue weighted by Crippen LogP contribution is -2.21. The van der Waals surface area contributed by atoms with Gasteiger partial charge in [-0.3, -0.25) is 0 Å². The summed E-state index contributed by atoms with van der Waals surface area (Å²) in [6.07, 6.45) is 6.11. The van der Waals surface area contributed by atoms with Crippen LogP contribution in [0.15, 0.2) is 17.5 Å². The van der Waals surface area contributed by atoms with Gasteiger partial charge in [-0.25, -0.2) is 0 Å². The quantitative estimate of drug-likeness (QED) is 0.696. The van der Waals surface area contributed by atoms with Crippen molar-refractivity contribution in [2.45, 2.75) is 45.1 Å². The van der Waals surface area contributed by atoms with E-state index in [0.29, 0.717) is 6.04 Å². The van der Waals surface area contributed by atoms with Crippen molar-refractivity contribution in [2.24, 2.45) is 5.73 Å². The molecule has 1 nitrogen and oxygen atoms in total. The van der Waals surface area contributed by atoms with Crippen molar-refractivity contribution in [3.63, 3.8) is 0 Å². The molecule has 1 aromatic rings. The molecule has 1 aromatic heterocycles. The van der Waals surface area contributed by atoms with Gasteiger partial charge in [0, 0.05) is 10.9 Å². The summed E-state index contributed by atoms with van der Waals surface area (Å²) >= 11 is 1.81. The molecule has 0 amide bonds. The summed E-state index contributed by atoms with van der Waals surface area (Å²) in [6.45, 7) is 2.23. The molecule has 0 spiro atoms. The van der Waals surface area contributed by atoms with Crippen LogP contribution in [0.5, 0.6) is 0 Å². The zero-order chi connectivity index (χ0) is 9.52. The molecule has 0 aromatic carbocycles. The van der Waals surface area contributed by atoms with Crippen LogP contribution in [0.25, 0.3) is 0 Å². The summed E-state index contributed by atoms with van der Waals surface area (Å²) in [5, 5.41) is 2.12. The first-order chi connectivity index (χ1) is 6.33. The highest BCUT2D eigenvalue weighted by Crippen LogP contribution is 2.13. The van der Waals surface area contributed by atoms with Gasteiger partial charge in [-0.1, -0.05) is 32.3 Å². The number of hydrogen-bond acceptors (Lipinski definition) is 2. The molecule has 1 heterocycles. The molecule has 2 heteroatoms. The standard InChI is InChI=1S/C11H19NS/c1-2-3-4-6-10(12)9-11-7-5-8-13-11/h5,7-8,10H,2-4,6,9,12H2,1H3. The Labute approximate surface area is 85.0 Å². The highest BCUT2D eigenvalue weighted by molar-refractivity contribution is 7.09. The van der Waals surface area contributed by atoms with Gasteiger partial charge in [0.1, 0.15) is 0 Å². The van der Waals surface area contributed by atoms with Crippen molar-refractivity contribution in [1.82, 2.24) is 0 Å². The minimum atomic E-state index is 0.366. The third kappa shape index (κ3) is 4.44. The topological polar surface area (TPSA) is 26.0 Å². The Morgan fingerprint density at radius 3 is 2.92 bits per heavy atom. The van der Waals surface area contributed by atoms with Gasteiger partial charge in [-0.05, 0) is 24.3 Å². The van der Waals surface area contributed by atoms with Crippen LogP contribution in [0.2, 0.25) is 0 Å². The highest BCUT2D eigenvalue weighted by atomic mass is 32.1. The second kappa shape index (κ2) is 6.17. The molecule has 74 valence electrons. The molecule has 0 aliphatic rings. The molecule has 0 radical (unpaired) electrons. The third-order valence-corrected chi connectivity index (χ3v) is 3.12. The van der Waals surface area contributed by atoms with Gasteiger partial charge in [-0.15, -0.1) is 11.3 Å². The number of hydrogen-bond donors (Lipinski definition) is 1. The fraction of sp³-hybridized carbons (Fsp3) is 0.636. The van der Waals surface area contributed by atoms with Crippen LogP contribution >= 0.6 is 11.3 Å². The minimum Gasteiger partial charge on any atom is -0.327 e. The highest BCUT2D eigenvalue weighted by Gasteiger charge is 2.03. The van der Waals surface area contributed by atoms with Crippen molar-refractivity contribution in [2.75, 3.05) is 0 Å². The predicted molar refractivity (Wildman–Crippen MR) is 60.1 cm³/mol. The number of rotatable bonds is 6. The second-order valence-corrected chi connectivity index (χ2v) is 4.57. The minimum absolute atomic E-state index is 0.366. The first-order valence-corrected chi connectivity index (χ1v) is 5.99. The molecule has 1 rings (SSSR count). The Bertz CT molecular complexity index is 206. The summed E-state index contributed by atoms with van der Waals surface area (Å²) in [6, 6.07) is 4.63. The monoisotopic (exact) mass is 197 g/mol. The Hall–Kier alpha value is -0.340. The van der Waals surface area contributed by atoms with E-state index in [0.717, 1.165) is 6.42 Å². The molecule has 1 atom stereocenters. The normalized spacial score (nSPS) is 13.1. The van der Waals surface area contributed by atoms with Gasteiger partial charge >= 0.3 is 0 Å². The molecule has 13 heavy (non-hydrogen) atoms. The first kappa shape index (κ1) is 10.7. The van der Waals surface area contributed by atoms with Gasteiger partial charge in [0.25, 0.3) is 0 Å². The van der Waals surface area contributed by atoms with Crippen LogP contribution in [0.3, 0.4) is 0 Å². The van der Waals surface area contributed by atoms with Crippen molar-refractivity contribution >= 4 is 11.3 Å². The molecule has 0 aliphatic carbocycles.